The number of hydrogen-bond donors (Lipinski definition) is 0. The van der Waals surface area contributed by atoms with Gasteiger partial charge < -0.3 is 4.90 Å². The Morgan fingerprint density at radius 3 is 1.67 bits per heavy atom. The van der Waals surface area contributed by atoms with E-state index in [1.165, 1.54) is 22.4 Å². The van der Waals surface area contributed by atoms with E-state index in [0.717, 1.165) is 13.1 Å². The molecule has 80 valence electrons. The fourth-order valence-corrected chi connectivity index (χ4v) is 2.21. The van der Waals surface area contributed by atoms with E-state index in [2.05, 4.69) is 51.7 Å². The van der Waals surface area contributed by atoms with Gasteiger partial charge in [-0.15, -0.1) is 0 Å². The summed E-state index contributed by atoms with van der Waals surface area (Å²) in [5.41, 5.74) is 5.56. The van der Waals surface area contributed by atoms with Crippen molar-refractivity contribution in [2.45, 2.75) is 34.6 Å². The maximum atomic E-state index is 2.42. The first-order valence-electron chi connectivity index (χ1n) is 5.42. The summed E-state index contributed by atoms with van der Waals surface area (Å²) in [5.74, 6) is 0. The van der Waals surface area contributed by atoms with Crippen LogP contribution < -0.4 is 4.90 Å². The summed E-state index contributed by atoms with van der Waals surface area (Å²) < 4.78 is 0. The first-order chi connectivity index (χ1) is 6.60. The zero-order chi connectivity index (χ0) is 10.7. The van der Waals surface area contributed by atoms with Gasteiger partial charge in [0.15, 0.2) is 0 Å². The average Bonchev–Trinajstić information content (AvgIpc) is 2.10. The van der Waals surface area contributed by atoms with Crippen molar-refractivity contribution >= 4 is 24.5 Å². The van der Waals surface area contributed by atoms with Crippen LogP contribution in [-0.2, 0) is 0 Å². The molecule has 0 saturated heterocycles. The Morgan fingerprint density at radius 1 is 0.933 bits per heavy atom. The third kappa shape index (κ3) is 3.29. The quantitative estimate of drug-likeness (QED) is 0.677. The van der Waals surface area contributed by atoms with Crippen molar-refractivity contribution in [1.29, 1.82) is 0 Å². The molecule has 1 aromatic rings. The molecular formula is C13H22LiN. The Balaban J connectivity index is 0.00000196. The van der Waals surface area contributed by atoms with Gasteiger partial charge in [-0.25, -0.2) is 0 Å². The Morgan fingerprint density at radius 2 is 1.33 bits per heavy atom. The molecule has 0 N–H and O–H groups in total. The summed E-state index contributed by atoms with van der Waals surface area (Å²) in [6.07, 6.45) is 0. The standard InChI is InChI=1S/C13H21N.Li.H/c1-6-14(7-2)13-11(4)8-10(3)9-12(13)5;;/h8-9H,6-7H2,1-5H3;;. The first-order valence-corrected chi connectivity index (χ1v) is 5.42. The van der Waals surface area contributed by atoms with Crippen LogP contribution >= 0.6 is 0 Å². The summed E-state index contributed by atoms with van der Waals surface area (Å²) >= 11 is 0. The molecule has 0 saturated carbocycles. The van der Waals surface area contributed by atoms with Crippen LogP contribution in [0.5, 0.6) is 0 Å². The van der Waals surface area contributed by atoms with Crippen molar-refractivity contribution in [3.05, 3.63) is 28.8 Å². The molecule has 0 amide bonds. The Hall–Kier alpha value is -0.383. The Kier molecular flexibility index (Phi) is 6.10. The Labute approximate surface area is 106 Å². The molecule has 0 aliphatic rings. The fraction of sp³-hybridized carbons (Fsp3) is 0.538. The van der Waals surface area contributed by atoms with E-state index in [9.17, 15) is 0 Å². The van der Waals surface area contributed by atoms with Crippen LogP contribution in [0.4, 0.5) is 5.69 Å². The first kappa shape index (κ1) is 14.6. The molecule has 0 aliphatic carbocycles. The van der Waals surface area contributed by atoms with E-state index in [1.54, 1.807) is 0 Å². The van der Waals surface area contributed by atoms with Crippen molar-refractivity contribution in [2.24, 2.45) is 0 Å². The van der Waals surface area contributed by atoms with Gasteiger partial charge in [0.2, 0.25) is 0 Å². The Bertz CT molecular complexity index is 293. The molecule has 0 unspecified atom stereocenters. The molecule has 0 spiro atoms. The molecule has 0 aromatic heterocycles. The molecule has 0 aliphatic heterocycles. The van der Waals surface area contributed by atoms with Gasteiger partial charge in [-0.2, -0.15) is 0 Å². The SMILES string of the molecule is CCN(CC)c1c(C)cc(C)cc1C.[LiH]. The van der Waals surface area contributed by atoms with Crippen molar-refractivity contribution in [3.63, 3.8) is 0 Å². The van der Waals surface area contributed by atoms with Gasteiger partial charge in [0.1, 0.15) is 0 Å². The van der Waals surface area contributed by atoms with Crippen LogP contribution in [-0.4, -0.2) is 32.0 Å². The van der Waals surface area contributed by atoms with Crippen molar-refractivity contribution in [3.8, 4) is 0 Å². The molecule has 1 aromatic carbocycles. The molecule has 2 heteroatoms. The number of anilines is 1. The molecule has 0 atom stereocenters. The summed E-state index contributed by atoms with van der Waals surface area (Å²) in [6.45, 7) is 13.2. The normalized spacial score (nSPS) is 9.67. The summed E-state index contributed by atoms with van der Waals surface area (Å²) in [7, 11) is 0. The van der Waals surface area contributed by atoms with E-state index in [4.69, 9.17) is 0 Å². The van der Waals surface area contributed by atoms with E-state index in [1.807, 2.05) is 0 Å². The number of aryl methyl sites for hydroxylation is 3. The van der Waals surface area contributed by atoms with Crippen LogP contribution in [0.25, 0.3) is 0 Å². The minimum atomic E-state index is 0. The van der Waals surface area contributed by atoms with Crippen LogP contribution in [0.1, 0.15) is 30.5 Å². The van der Waals surface area contributed by atoms with Crippen molar-refractivity contribution < 1.29 is 0 Å². The van der Waals surface area contributed by atoms with Crippen LogP contribution in [0.2, 0.25) is 0 Å². The van der Waals surface area contributed by atoms with Crippen LogP contribution in [0, 0.1) is 20.8 Å². The van der Waals surface area contributed by atoms with Gasteiger partial charge in [-0.05, 0) is 45.7 Å². The second-order valence-corrected chi connectivity index (χ2v) is 3.92. The monoisotopic (exact) mass is 199 g/mol. The molecule has 0 bridgehead atoms. The third-order valence-corrected chi connectivity index (χ3v) is 2.72. The topological polar surface area (TPSA) is 3.24 Å². The van der Waals surface area contributed by atoms with Crippen molar-refractivity contribution in [1.82, 2.24) is 0 Å². The summed E-state index contributed by atoms with van der Waals surface area (Å²) in [4.78, 5) is 2.42. The predicted octanol–water partition coefficient (Wildman–Crippen LogP) is 2.81. The second-order valence-electron chi connectivity index (χ2n) is 3.92. The molecule has 0 fully saturated rings. The van der Waals surface area contributed by atoms with E-state index < -0.39 is 0 Å². The third-order valence-electron chi connectivity index (χ3n) is 2.72. The van der Waals surface area contributed by atoms with Gasteiger partial charge in [0.25, 0.3) is 0 Å². The van der Waals surface area contributed by atoms with Gasteiger partial charge in [-0.1, -0.05) is 17.7 Å². The number of hydrogen-bond acceptors (Lipinski definition) is 1. The van der Waals surface area contributed by atoms with Crippen molar-refractivity contribution in [2.75, 3.05) is 18.0 Å². The molecule has 1 rings (SSSR count). The molecule has 1 nitrogen and oxygen atoms in total. The van der Waals surface area contributed by atoms with E-state index in [-0.39, 0.29) is 18.9 Å². The van der Waals surface area contributed by atoms with Crippen LogP contribution in [0.15, 0.2) is 12.1 Å². The molecule has 15 heavy (non-hydrogen) atoms. The zero-order valence-corrected chi connectivity index (χ0v) is 10.0. The second kappa shape index (κ2) is 6.25. The van der Waals surface area contributed by atoms with Gasteiger partial charge in [-0.3, -0.25) is 0 Å². The number of rotatable bonds is 3. The van der Waals surface area contributed by atoms with Gasteiger partial charge >= 0.3 is 18.9 Å². The average molecular weight is 199 g/mol. The predicted molar refractivity (Wildman–Crippen MR) is 71.4 cm³/mol. The minimum absolute atomic E-state index is 0. The van der Waals surface area contributed by atoms with Crippen LogP contribution in [0.3, 0.4) is 0 Å². The summed E-state index contributed by atoms with van der Waals surface area (Å²) in [6, 6.07) is 4.53. The van der Waals surface area contributed by atoms with E-state index in [0.29, 0.717) is 0 Å². The summed E-state index contributed by atoms with van der Waals surface area (Å²) in [5, 5.41) is 0. The van der Waals surface area contributed by atoms with Gasteiger partial charge in [0.05, 0.1) is 0 Å². The number of nitrogens with zero attached hydrogens (tertiary/aromatic N) is 1. The molecule has 0 radical (unpaired) electrons. The number of benzene rings is 1. The zero-order valence-electron chi connectivity index (χ0n) is 10.0. The molecular weight excluding hydrogens is 177 g/mol. The van der Waals surface area contributed by atoms with Gasteiger partial charge in [0, 0.05) is 18.8 Å². The maximum absolute atomic E-state index is 2.42. The molecule has 0 heterocycles. The van der Waals surface area contributed by atoms with E-state index >= 15 is 0 Å². The fourth-order valence-electron chi connectivity index (χ4n) is 2.21.